The Morgan fingerprint density at radius 3 is 2.50 bits per heavy atom. The summed E-state index contributed by atoms with van der Waals surface area (Å²) in [5, 5.41) is 2.79. The molecule has 3 heterocycles. The van der Waals surface area contributed by atoms with Gasteiger partial charge in [0.1, 0.15) is 11.5 Å². The molecule has 156 valence electrons. The quantitative estimate of drug-likeness (QED) is 0.697. The highest BCUT2D eigenvalue weighted by molar-refractivity contribution is 5.92. The highest BCUT2D eigenvalue weighted by Gasteiger charge is 2.20. The van der Waals surface area contributed by atoms with Crippen LogP contribution in [0.1, 0.15) is 11.3 Å². The molecule has 0 radical (unpaired) electrons. The first-order valence-corrected chi connectivity index (χ1v) is 9.95. The third kappa shape index (κ3) is 4.90. The molecular weight excluding hydrogens is 385 g/mol. The maximum absolute atomic E-state index is 13.0. The Morgan fingerprint density at radius 1 is 1.07 bits per heavy atom. The van der Waals surface area contributed by atoms with E-state index < -0.39 is 0 Å². The number of pyridine rings is 1. The Hall–Kier alpha value is -3.10. The van der Waals surface area contributed by atoms with Crippen LogP contribution < -0.4 is 10.9 Å². The molecule has 1 amide bonds. The minimum atomic E-state index is -0.331. The lowest BCUT2D eigenvalue weighted by atomic mass is 10.2. The van der Waals surface area contributed by atoms with Crippen molar-refractivity contribution in [2.24, 2.45) is 0 Å². The molecule has 7 nitrogen and oxygen atoms in total. The van der Waals surface area contributed by atoms with Gasteiger partial charge in [0.05, 0.1) is 12.2 Å². The van der Waals surface area contributed by atoms with Gasteiger partial charge in [0, 0.05) is 50.7 Å². The van der Waals surface area contributed by atoms with Gasteiger partial charge < -0.3 is 5.32 Å². The molecule has 2 aromatic heterocycles. The van der Waals surface area contributed by atoms with E-state index in [9.17, 15) is 14.0 Å². The number of nitrogens with one attached hydrogen (secondary N) is 1. The standard InChI is InChI=1S/C22H24FN5O2/c1-16-2-7-20-24-19(12-22(30)28(20)13-16)14-26-8-10-27(11-9-26)15-21(29)25-18-5-3-17(23)4-6-18/h2-7,12-13H,8-11,14-15H2,1H3,(H,25,29). The zero-order chi connectivity index (χ0) is 21.1. The number of anilines is 1. The van der Waals surface area contributed by atoms with Gasteiger partial charge in [-0.3, -0.25) is 23.8 Å². The first-order valence-electron chi connectivity index (χ1n) is 9.95. The van der Waals surface area contributed by atoms with Crippen molar-refractivity contribution in [3.63, 3.8) is 0 Å². The van der Waals surface area contributed by atoms with E-state index in [0.29, 0.717) is 24.4 Å². The number of carbonyl (C=O) groups excluding carboxylic acids is 1. The molecule has 0 spiro atoms. The molecule has 8 heteroatoms. The number of rotatable bonds is 5. The van der Waals surface area contributed by atoms with E-state index in [1.165, 1.54) is 12.1 Å². The summed E-state index contributed by atoms with van der Waals surface area (Å²) in [5.41, 5.74) is 2.93. The fraction of sp³-hybridized carbons (Fsp3) is 0.318. The number of piperazine rings is 1. The molecule has 1 N–H and O–H groups in total. The molecule has 4 rings (SSSR count). The topological polar surface area (TPSA) is 70.0 Å². The van der Waals surface area contributed by atoms with Crippen LogP contribution in [0.3, 0.4) is 0 Å². The SMILES string of the molecule is Cc1ccc2nc(CN3CCN(CC(=O)Nc4ccc(F)cc4)CC3)cc(=O)n2c1. The van der Waals surface area contributed by atoms with Gasteiger partial charge in [0.2, 0.25) is 5.91 Å². The maximum Gasteiger partial charge on any atom is 0.258 e. The summed E-state index contributed by atoms with van der Waals surface area (Å²) >= 11 is 0. The highest BCUT2D eigenvalue weighted by atomic mass is 19.1. The number of hydrogen-bond donors (Lipinski definition) is 1. The molecule has 0 unspecified atom stereocenters. The Balaban J connectivity index is 1.30. The number of aromatic nitrogens is 2. The molecular formula is C22H24FN5O2. The van der Waals surface area contributed by atoms with Gasteiger partial charge in [0.25, 0.3) is 5.56 Å². The summed E-state index contributed by atoms with van der Waals surface area (Å²) in [6, 6.07) is 11.1. The van der Waals surface area contributed by atoms with Crippen molar-refractivity contribution in [3.8, 4) is 0 Å². The number of nitrogens with zero attached hydrogens (tertiary/aromatic N) is 4. The van der Waals surface area contributed by atoms with Crippen LogP contribution in [0.4, 0.5) is 10.1 Å². The zero-order valence-corrected chi connectivity index (χ0v) is 16.8. The lowest BCUT2D eigenvalue weighted by molar-refractivity contribution is -0.117. The Morgan fingerprint density at radius 2 is 1.77 bits per heavy atom. The van der Waals surface area contributed by atoms with Crippen LogP contribution in [0.5, 0.6) is 0 Å². The van der Waals surface area contributed by atoms with Crippen LogP contribution >= 0.6 is 0 Å². The Kier molecular flexibility index (Phi) is 5.87. The van der Waals surface area contributed by atoms with E-state index in [1.54, 1.807) is 28.8 Å². The summed E-state index contributed by atoms with van der Waals surface area (Å²) < 4.78 is 14.5. The third-order valence-corrected chi connectivity index (χ3v) is 5.21. The van der Waals surface area contributed by atoms with E-state index in [1.807, 2.05) is 19.1 Å². The number of benzene rings is 1. The first kappa shape index (κ1) is 20.2. The fourth-order valence-corrected chi connectivity index (χ4v) is 3.61. The number of hydrogen-bond acceptors (Lipinski definition) is 5. The molecule has 1 aromatic carbocycles. The zero-order valence-electron chi connectivity index (χ0n) is 16.8. The normalized spacial score (nSPS) is 15.4. The van der Waals surface area contributed by atoms with Crippen molar-refractivity contribution < 1.29 is 9.18 Å². The number of carbonyl (C=O) groups is 1. The lowest BCUT2D eigenvalue weighted by Crippen LogP contribution is -2.48. The summed E-state index contributed by atoms with van der Waals surface area (Å²) in [4.78, 5) is 33.5. The first-order chi connectivity index (χ1) is 14.5. The van der Waals surface area contributed by atoms with Crippen molar-refractivity contribution in [2.75, 3.05) is 38.0 Å². The molecule has 1 aliphatic heterocycles. The largest absolute Gasteiger partial charge is 0.325 e. The molecule has 0 aliphatic carbocycles. The highest BCUT2D eigenvalue weighted by Crippen LogP contribution is 2.10. The molecule has 3 aromatic rings. The van der Waals surface area contributed by atoms with E-state index in [4.69, 9.17) is 0 Å². The summed E-state index contributed by atoms with van der Waals surface area (Å²) in [7, 11) is 0. The van der Waals surface area contributed by atoms with E-state index in [0.717, 1.165) is 37.4 Å². The predicted molar refractivity (Wildman–Crippen MR) is 113 cm³/mol. The predicted octanol–water partition coefficient (Wildman–Crippen LogP) is 1.90. The number of fused-ring (bicyclic) bond motifs is 1. The van der Waals surface area contributed by atoms with Gasteiger partial charge >= 0.3 is 0 Å². The number of aryl methyl sites for hydroxylation is 1. The van der Waals surface area contributed by atoms with Crippen LogP contribution in [0, 0.1) is 12.7 Å². The summed E-state index contributed by atoms with van der Waals surface area (Å²) in [6.45, 7) is 5.93. The smallest absolute Gasteiger partial charge is 0.258 e. The average molecular weight is 409 g/mol. The minimum Gasteiger partial charge on any atom is -0.325 e. The van der Waals surface area contributed by atoms with Crippen molar-refractivity contribution in [1.82, 2.24) is 19.2 Å². The summed E-state index contributed by atoms with van der Waals surface area (Å²) in [5.74, 6) is -0.447. The molecule has 1 fully saturated rings. The van der Waals surface area contributed by atoms with Crippen LogP contribution in [0.25, 0.3) is 5.65 Å². The number of amides is 1. The molecule has 0 atom stereocenters. The van der Waals surface area contributed by atoms with Crippen LogP contribution in [0.2, 0.25) is 0 Å². The fourth-order valence-electron chi connectivity index (χ4n) is 3.61. The molecule has 1 aliphatic rings. The average Bonchev–Trinajstić information content (AvgIpc) is 2.72. The van der Waals surface area contributed by atoms with Crippen molar-refractivity contribution in [3.05, 3.63) is 76.1 Å². The van der Waals surface area contributed by atoms with Gasteiger partial charge in [-0.1, -0.05) is 6.07 Å². The van der Waals surface area contributed by atoms with Crippen molar-refractivity contribution >= 4 is 17.2 Å². The van der Waals surface area contributed by atoms with E-state index >= 15 is 0 Å². The van der Waals surface area contributed by atoms with Gasteiger partial charge in [0.15, 0.2) is 0 Å². The lowest BCUT2D eigenvalue weighted by Gasteiger charge is -2.34. The van der Waals surface area contributed by atoms with Crippen LogP contribution in [-0.4, -0.2) is 57.8 Å². The van der Waals surface area contributed by atoms with Crippen molar-refractivity contribution in [2.45, 2.75) is 13.5 Å². The minimum absolute atomic E-state index is 0.0743. The monoisotopic (exact) mass is 409 g/mol. The van der Waals surface area contributed by atoms with Crippen molar-refractivity contribution in [1.29, 1.82) is 0 Å². The van der Waals surface area contributed by atoms with Gasteiger partial charge in [-0.25, -0.2) is 9.37 Å². The molecule has 0 saturated carbocycles. The Bertz CT molecular complexity index is 1100. The third-order valence-electron chi connectivity index (χ3n) is 5.21. The van der Waals surface area contributed by atoms with Crippen LogP contribution in [-0.2, 0) is 11.3 Å². The second-order valence-electron chi connectivity index (χ2n) is 7.63. The maximum atomic E-state index is 13.0. The number of halogens is 1. The van der Waals surface area contributed by atoms with E-state index in [-0.39, 0.29) is 17.3 Å². The summed E-state index contributed by atoms with van der Waals surface area (Å²) in [6.07, 6.45) is 1.80. The molecule has 1 saturated heterocycles. The van der Waals surface area contributed by atoms with Gasteiger partial charge in [-0.05, 0) is 42.8 Å². The van der Waals surface area contributed by atoms with E-state index in [2.05, 4.69) is 20.1 Å². The van der Waals surface area contributed by atoms with Gasteiger partial charge in [-0.15, -0.1) is 0 Å². The molecule has 30 heavy (non-hydrogen) atoms. The molecule has 0 bridgehead atoms. The van der Waals surface area contributed by atoms with Gasteiger partial charge in [-0.2, -0.15) is 0 Å². The second-order valence-corrected chi connectivity index (χ2v) is 7.63. The second kappa shape index (κ2) is 8.73. The van der Waals surface area contributed by atoms with Crippen LogP contribution in [0.15, 0.2) is 53.5 Å². The Labute approximate surface area is 173 Å².